The van der Waals surface area contributed by atoms with E-state index < -0.39 is 5.82 Å². The highest BCUT2D eigenvalue weighted by Crippen LogP contribution is 2.31. The zero-order chi connectivity index (χ0) is 18.0. The maximum Gasteiger partial charge on any atom is 0.257 e. The molecule has 0 saturated carbocycles. The molecule has 1 saturated heterocycles. The van der Waals surface area contributed by atoms with Gasteiger partial charge in [0, 0.05) is 33.4 Å². The zero-order valence-electron chi connectivity index (χ0n) is 14.5. The predicted octanol–water partition coefficient (Wildman–Crippen LogP) is 1.61. The predicted molar refractivity (Wildman–Crippen MR) is 88.0 cm³/mol. The quantitative estimate of drug-likeness (QED) is 0.821. The van der Waals surface area contributed by atoms with Gasteiger partial charge in [0.25, 0.3) is 5.91 Å². The molecule has 3 rings (SSSR count). The highest BCUT2D eigenvalue weighted by molar-refractivity contribution is 5.97. The fourth-order valence-electron chi connectivity index (χ4n) is 3.14. The van der Waals surface area contributed by atoms with Crippen molar-refractivity contribution in [2.75, 3.05) is 26.8 Å². The molecule has 1 aliphatic rings. The average molecular weight is 348 g/mol. The van der Waals surface area contributed by atoms with Gasteiger partial charge in [-0.05, 0) is 19.1 Å². The van der Waals surface area contributed by atoms with Crippen molar-refractivity contribution in [2.24, 2.45) is 7.05 Å². The first-order chi connectivity index (χ1) is 12.0. The lowest BCUT2D eigenvalue weighted by Gasteiger charge is -2.18. The van der Waals surface area contributed by atoms with Crippen molar-refractivity contribution in [3.8, 4) is 5.75 Å². The molecule has 8 heteroatoms. The number of amides is 1. The van der Waals surface area contributed by atoms with Gasteiger partial charge in [0.15, 0.2) is 11.6 Å². The van der Waals surface area contributed by atoms with Crippen LogP contribution in [0.25, 0.3) is 0 Å². The topological polar surface area (TPSA) is 69.5 Å². The molecule has 0 aliphatic carbocycles. The number of carbonyl (C=O) groups excluding carboxylic acids is 1. The third-order valence-electron chi connectivity index (χ3n) is 4.34. The summed E-state index contributed by atoms with van der Waals surface area (Å²) < 4.78 is 26.5. The lowest BCUT2D eigenvalue weighted by molar-refractivity contribution is 0.0710. The molecule has 0 radical (unpaired) electrons. The Bertz CT molecular complexity index is 764. The van der Waals surface area contributed by atoms with Gasteiger partial charge in [0.05, 0.1) is 29.9 Å². The van der Waals surface area contributed by atoms with Crippen LogP contribution in [-0.4, -0.2) is 58.7 Å². The second-order valence-electron chi connectivity index (χ2n) is 5.96. The van der Waals surface area contributed by atoms with E-state index in [1.165, 1.54) is 12.1 Å². The Hall–Kier alpha value is -2.48. The Morgan fingerprint density at radius 2 is 2.20 bits per heavy atom. The number of aryl methyl sites for hydroxylation is 1. The summed E-state index contributed by atoms with van der Waals surface area (Å²) in [6, 6.07) is 4.37. The van der Waals surface area contributed by atoms with Crippen LogP contribution in [0.4, 0.5) is 4.39 Å². The zero-order valence-corrected chi connectivity index (χ0v) is 14.5. The van der Waals surface area contributed by atoms with E-state index in [0.717, 1.165) is 5.69 Å². The van der Waals surface area contributed by atoms with Crippen LogP contribution in [-0.2, 0) is 11.8 Å². The van der Waals surface area contributed by atoms with E-state index in [-0.39, 0.29) is 35.8 Å². The second-order valence-corrected chi connectivity index (χ2v) is 5.96. The summed E-state index contributed by atoms with van der Waals surface area (Å²) in [5.41, 5.74) is 0.991. The van der Waals surface area contributed by atoms with Crippen molar-refractivity contribution in [2.45, 2.75) is 18.9 Å². The number of nitrogens with zero attached hydrogens (tertiary/aromatic N) is 4. The molecule has 1 aromatic heterocycles. The number of carbonyl (C=O) groups is 1. The fourth-order valence-corrected chi connectivity index (χ4v) is 3.14. The summed E-state index contributed by atoms with van der Waals surface area (Å²) in [5.74, 6) is -0.907. The molecule has 1 amide bonds. The highest BCUT2D eigenvalue weighted by atomic mass is 19.1. The number of aromatic nitrogens is 3. The molecule has 0 spiro atoms. The maximum atomic E-state index is 14.0. The number of hydrogen-bond acceptors (Lipinski definition) is 5. The van der Waals surface area contributed by atoms with Crippen molar-refractivity contribution >= 4 is 5.91 Å². The molecule has 2 aromatic rings. The Morgan fingerprint density at radius 3 is 2.84 bits per heavy atom. The first-order valence-electron chi connectivity index (χ1n) is 8.14. The first-order valence-corrected chi connectivity index (χ1v) is 8.14. The molecule has 1 aliphatic heterocycles. The third-order valence-corrected chi connectivity index (χ3v) is 4.34. The molecule has 0 unspecified atom stereocenters. The number of rotatable bonds is 5. The largest absolute Gasteiger partial charge is 0.490 e. The van der Waals surface area contributed by atoms with Crippen LogP contribution in [0, 0.1) is 5.82 Å². The number of benzene rings is 1. The summed E-state index contributed by atoms with van der Waals surface area (Å²) in [6.07, 6.45) is 1.63. The van der Waals surface area contributed by atoms with Crippen LogP contribution in [0.1, 0.15) is 28.9 Å². The number of para-hydroxylation sites is 1. The standard InChI is InChI=1S/C17H21FN4O3/c1-4-25-16-11(6-5-7-13(16)18)17(23)22-8-12(15(10-22)24-3)14-9-21(2)20-19-14/h5-7,9,12,15H,4,8,10H2,1-3H3/t12-,15+/m0/s1. The molecular formula is C17H21FN4O3. The normalized spacial score (nSPS) is 20.1. The smallest absolute Gasteiger partial charge is 0.257 e. The van der Waals surface area contributed by atoms with Crippen LogP contribution in [0.3, 0.4) is 0 Å². The van der Waals surface area contributed by atoms with Gasteiger partial charge in [-0.3, -0.25) is 9.48 Å². The Morgan fingerprint density at radius 1 is 1.40 bits per heavy atom. The third kappa shape index (κ3) is 3.34. The molecule has 134 valence electrons. The van der Waals surface area contributed by atoms with Crippen LogP contribution >= 0.6 is 0 Å². The lowest BCUT2D eigenvalue weighted by atomic mass is 10.0. The minimum absolute atomic E-state index is 0.00748. The van der Waals surface area contributed by atoms with E-state index in [9.17, 15) is 9.18 Å². The Kier molecular flexibility index (Phi) is 4.98. The summed E-state index contributed by atoms with van der Waals surface area (Å²) in [6.45, 7) is 2.86. The van der Waals surface area contributed by atoms with Gasteiger partial charge < -0.3 is 14.4 Å². The highest BCUT2D eigenvalue weighted by Gasteiger charge is 2.39. The van der Waals surface area contributed by atoms with E-state index >= 15 is 0 Å². The summed E-state index contributed by atoms with van der Waals surface area (Å²) >= 11 is 0. The number of likely N-dealkylation sites (tertiary alicyclic amines) is 1. The molecule has 0 bridgehead atoms. The van der Waals surface area contributed by atoms with Gasteiger partial charge in [-0.15, -0.1) is 5.10 Å². The van der Waals surface area contributed by atoms with Gasteiger partial charge in [-0.1, -0.05) is 11.3 Å². The van der Waals surface area contributed by atoms with Crippen LogP contribution in [0.5, 0.6) is 5.75 Å². The molecule has 2 atom stereocenters. The second kappa shape index (κ2) is 7.18. The minimum Gasteiger partial charge on any atom is -0.490 e. The van der Waals surface area contributed by atoms with Crippen molar-refractivity contribution in [1.29, 1.82) is 0 Å². The molecule has 0 N–H and O–H groups in total. The maximum absolute atomic E-state index is 14.0. The van der Waals surface area contributed by atoms with Gasteiger partial charge >= 0.3 is 0 Å². The van der Waals surface area contributed by atoms with Crippen molar-refractivity contribution in [3.63, 3.8) is 0 Å². The molecular weight excluding hydrogens is 327 g/mol. The summed E-state index contributed by atoms with van der Waals surface area (Å²) in [5, 5.41) is 8.08. The van der Waals surface area contributed by atoms with Gasteiger partial charge in [0.2, 0.25) is 0 Å². The van der Waals surface area contributed by atoms with Gasteiger partial charge in [-0.2, -0.15) is 0 Å². The molecule has 7 nitrogen and oxygen atoms in total. The van der Waals surface area contributed by atoms with Crippen molar-refractivity contribution in [1.82, 2.24) is 19.9 Å². The first kappa shape index (κ1) is 17.3. The summed E-state index contributed by atoms with van der Waals surface area (Å²) in [7, 11) is 3.40. The molecule has 1 fully saturated rings. The molecule has 2 heterocycles. The fraction of sp³-hybridized carbons (Fsp3) is 0.471. The van der Waals surface area contributed by atoms with Crippen LogP contribution < -0.4 is 4.74 Å². The van der Waals surface area contributed by atoms with E-state index in [1.54, 1.807) is 36.7 Å². The summed E-state index contributed by atoms with van der Waals surface area (Å²) in [4.78, 5) is 14.6. The van der Waals surface area contributed by atoms with Crippen molar-refractivity contribution in [3.05, 3.63) is 41.5 Å². The number of halogens is 1. The Balaban J connectivity index is 1.85. The molecule has 1 aromatic carbocycles. The Labute approximate surface area is 145 Å². The monoisotopic (exact) mass is 348 g/mol. The SMILES string of the molecule is CCOc1c(F)cccc1C(=O)N1C[C@@H](OC)[C@H](c2cn(C)nn2)C1. The number of ether oxygens (including phenoxy) is 2. The van der Waals surface area contributed by atoms with Crippen LogP contribution in [0.15, 0.2) is 24.4 Å². The minimum atomic E-state index is -0.541. The van der Waals surface area contributed by atoms with Crippen LogP contribution in [0.2, 0.25) is 0 Å². The van der Waals surface area contributed by atoms with Gasteiger partial charge in [-0.25, -0.2) is 4.39 Å². The van der Waals surface area contributed by atoms with E-state index in [0.29, 0.717) is 13.1 Å². The average Bonchev–Trinajstić information content (AvgIpc) is 3.22. The van der Waals surface area contributed by atoms with Crippen molar-refractivity contribution < 1.29 is 18.7 Å². The molecule has 25 heavy (non-hydrogen) atoms. The van der Waals surface area contributed by atoms with Gasteiger partial charge in [0.1, 0.15) is 0 Å². The lowest BCUT2D eigenvalue weighted by Crippen LogP contribution is -2.30. The van der Waals surface area contributed by atoms with E-state index in [1.807, 2.05) is 6.20 Å². The van der Waals surface area contributed by atoms with E-state index in [2.05, 4.69) is 10.3 Å². The number of hydrogen-bond donors (Lipinski definition) is 0. The number of methoxy groups -OCH3 is 1. The van der Waals surface area contributed by atoms with E-state index in [4.69, 9.17) is 9.47 Å².